The highest BCUT2D eigenvalue weighted by molar-refractivity contribution is 7.97. The van der Waals surface area contributed by atoms with Crippen LogP contribution in [0.1, 0.15) is 12.8 Å². The summed E-state index contributed by atoms with van der Waals surface area (Å²) < 4.78 is 0. The molecule has 2 aromatic heterocycles. The molecule has 0 atom stereocenters. The van der Waals surface area contributed by atoms with Crippen LogP contribution in [0.2, 0.25) is 0 Å². The average Bonchev–Trinajstić information content (AvgIpc) is 2.75. The molecule has 6 nitrogen and oxygen atoms in total. The Morgan fingerprint density at radius 3 is 2.35 bits per heavy atom. The van der Waals surface area contributed by atoms with Crippen LogP contribution in [-0.2, 0) is 9.59 Å². The number of hydrogen-bond donors (Lipinski definition) is 3. The maximum atomic E-state index is 10.0. The fourth-order valence-corrected chi connectivity index (χ4v) is 1.13. The quantitative estimate of drug-likeness (QED) is 0.725. The number of rotatable bonds is 3. The number of H-pyrrole nitrogens is 1. The SMILES string of the molecule is O=C(S)CCC(=O)S.c1ncc2[nH]cnc2n1. The lowest BCUT2D eigenvalue weighted by Gasteiger charge is -1.85. The van der Waals surface area contributed by atoms with Gasteiger partial charge in [-0.25, -0.2) is 15.0 Å². The molecular formula is C9H10N4O2S2. The standard InChI is InChI=1S/C5H4N4.C4H6O2S2/c1-4-5(8-2-6-1)9-3-7-4;5-3(7)1-2-4(6)8/h1-3H,(H,6,7,8,9);1-2H2,(H,5,7)(H,6,8). The first-order valence-electron chi connectivity index (χ1n) is 4.62. The van der Waals surface area contributed by atoms with Crippen LogP contribution in [0.5, 0.6) is 0 Å². The Morgan fingerprint density at radius 1 is 1.18 bits per heavy atom. The van der Waals surface area contributed by atoms with Crippen molar-refractivity contribution in [2.24, 2.45) is 0 Å². The Morgan fingerprint density at radius 2 is 1.82 bits per heavy atom. The average molecular weight is 270 g/mol. The molecule has 0 unspecified atom stereocenters. The summed E-state index contributed by atoms with van der Waals surface area (Å²) in [6.45, 7) is 0. The van der Waals surface area contributed by atoms with E-state index in [2.05, 4.69) is 45.2 Å². The zero-order chi connectivity index (χ0) is 12.7. The largest absolute Gasteiger partial charge is 0.342 e. The lowest BCUT2D eigenvalue weighted by Crippen LogP contribution is -1.91. The minimum atomic E-state index is -0.271. The highest BCUT2D eigenvalue weighted by Crippen LogP contribution is 1.99. The maximum Gasteiger partial charge on any atom is 0.186 e. The Labute approximate surface area is 108 Å². The van der Waals surface area contributed by atoms with Gasteiger partial charge in [0.25, 0.3) is 0 Å². The summed E-state index contributed by atoms with van der Waals surface area (Å²) in [7, 11) is 0. The fraction of sp³-hybridized carbons (Fsp3) is 0.222. The molecular weight excluding hydrogens is 260 g/mol. The molecule has 0 saturated carbocycles. The van der Waals surface area contributed by atoms with E-state index in [9.17, 15) is 9.59 Å². The van der Waals surface area contributed by atoms with Crippen molar-refractivity contribution in [3.05, 3.63) is 18.9 Å². The van der Waals surface area contributed by atoms with Crippen molar-refractivity contribution in [2.45, 2.75) is 12.8 Å². The van der Waals surface area contributed by atoms with Gasteiger partial charge in [0, 0.05) is 12.8 Å². The van der Waals surface area contributed by atoms with Gasteiger partial charge in [-0.15, -0.1) is 25.3 Å². The topological polar surface area (TPSA) is 88.6 Å². The summed E-state index contributed by atoms with van der Waals surface area (Å²) in [6, 6.07) is 0. The van der Waals surface area contributed by atoms with Crippen LogP contribution < -0.4 is 0 Å². The first-order valence-corrected chi connectivity index (χ1v) is 5.51. The molecule has 90 valence electrons. The van der Waals surface area contributed by atoms with Gasteiger partial charge in [0.15, 0.2) is 15.9 Å². The van der Waals surface area contributed by atoms with Gasteiger partial charge in [0.05, 0.1) is 12.5 Å². The lowest BCUT2D eigenvalue weighted by atomic mass is 10.4. The fourth-order valence-electron chi connectivity index (χ4n) is 0.905. The van der Waals surface area contributed by atoms with Crippen molar-refractivity contribution in [1.82, 2.24) is 19.9 Å². The molecule has 0 fully saturated rings. The molecule has 0 aromatic carbocycles. The van der Waals surface area contributed by atoms with Crippen LogP contribution in [0.3, 0.4) is 0 Å². The summed E-state index contributed by atoms with van der Waals surface area (Å²) in [5.74, 6) is 0. The minimum Gasteiger partial charge on any atom is -0.342 e. The van der Waals surface area contributed by atoms with Crippen molar-refractivity contribution in [2.75, 3.05) is 0 Å². The summed E-state index contributed by atoms with van der Waals surface area (Å²) in [5.41, 5.74) is 1.59. The predicted octanol–water partition coefficient (Wildman–Crippen LogP) is 1.03. The second-order valence-corrected chi connectivity index (χ2v) is 3.95. The van der Waals surface area contributed by atoms with Crippen molar-refractivity contribution >= 4 is 46.7 Å². The van der Waals surface area contributed by atoms with Crippen molar-refractivity contribution in [3.63, 3.8) is 0 Å². The first kappa shape index (κ1) is 13.7. The van der Waals surface area contributed by atoms with E-state index >= 15 is 0 Å². The second kappa shape index (κ2) is 7.02. The van der Waals surface area contributed by atoms with Gasteiger partial charge in [-0.1, -0.05) is 0 Å². The third kappa shape index (κ3) is 5.45. The van der Waals surface area contributed by atoms with Crippen LogP contribution in [0, 0.1) is 0 Å². The minimum absolute atomic E-state index is 0.186. The van der Waals surface area contributed by atoms with Crippen LogP contribution in [0.4, 0.5) is 0 Å². The normalized spacial score (nSPS) is 9.53. The summed E-state index contributed by atoms with van der Waals surface area (Å²) in [5, 5.41) is -0.542. The predicted molar refractivity (Wildman–Crippen MR) is 68.9 cm³/mol. The zero-order valence-electron chi connectivity index (χ0n) is 8.70. The van der Waals surface area contributed by atoms with Crippen LogP contribution in [-0.4, -0.2) is 30.2 Å². The number of aromatic amines is 1. The Kier molecular flexibility index (Phi) is 5.64. The van der Waals surface area contributed by atoms with Crippen LogP contribution in [0.25, 0.3) is 11.2 Å². The molecule has 2 rings (SSSR count). The van der Waals surface area contributed by atoms with Gasteiger partial charge < -0.3 is 4.98 Å². The number of carbonyl (C=O) groups excluding carboxylic acids is 2. The first-order chi connectivity index (χ1) is 8.09. The van der Waals surface area contributed by atoms with Crippen molar-refractivity contribution < 1.29 is 9.59 Å². The highest BCUT2D eigenvalue weighted by Gasteiger charge is 1.97. The number of fused-ring (bicyclic) bond motifs is 1. The van der Waals surface area contributed by atoms with Crippen molar-refractivity contribution in [3.8, 4) is 0 Å². The van der Waals surface area contributed by atoms with Gasteiger partial charge in [-0.05, 0) is 0 Å². The van der Waals surface area contributed by atoms with E-state index in [1.54, 1.807) is 12.5 Å². The molecule has 0 bridgehead atoms. The van der Waals surface area contributed by atoms with Gasteiger partial charge in [-0.2, -0.15) is 0 Å². The lowest BCUT2D eigenvalue weighted by molar-refractivity contribution is -0.115. The molecule has 0 aliphatic carbocycles. The molecule has 0 amide bonds. The van der Waals surface area contributed by atoms with E-state index < -0.39 is 0 Å². The molecule has 17 heavy (non-hydrogen) atoms. The molecule has 8 heteroatoms. The van der Waals surface area contributed by atoms with Gasteiger partial charge in [0.1, 0.15) is 11.8 Å². The molecule has 0 spiro atoms. The van der Waals surface area contributed by atoms with E-state index in [1.165, 1.54) is 6.33 Å². The van der Waals surface area contributed by atoms with E-state index in [0.29, 0.717) is 5.65 Å². The monoisotopic (exact) mass is 270 g/mol. The molecule has 2 aromatic rings. The molecule has 2 heterocycles. The number of hydrogen-bond acceptors (Lipinski definition) is 5. The summed E-state index contributed by atoms with van der Waals surface area (Å²) >= 11 is 6.90. The molecule has 0 saturated heterocycles. The Hall–Kier alpha value is -1.41. The van der Waals surface area contributed by atoms with E-state index in [0.717, 1.165) is 5.52 Å². The number of aromatic nitrogens is 4. The third-order valence-corrected chi connectivity index (χ3v) is 2.10. The smallest absolute Gasteiger partial charge is 0.186 e. The van der Waals surface area contributed by atoms with Crippen molar-refractivity contribution in [1.29, 1.82) is 0 Å². The molecule has 0 radical (unpaired) electrons. The van der Waals surface area contributed by atoms with Crippen LogP contribution in [0.15, 0.2) is 18.9 Å². The van der Waals surface area contributed by atoms with Crippen LogP contribution >= 0.6 is 25.3 Å². The third-order valence-electron chi connectivity index (χ3n) is 1.65. The zero-order valence-corrected chi connectivity index (χ0v) is 10.5. The second-order valence-electron chi connectivity index (χ2n) is 2.95. The number of imidazole rings is 1. The number of nitrogens with zero attached hydrogens (tertiary/aromatic N) is 3. The number of carbonyl (C=O) groups is 2. The Bertz CT molecular complexity index is 470. The maximum absolute atomic E-state index is 10.0. The number of thiol groups is 2. The Balaban J connectivity index is 0.000000172. The molecule has 0 aliphatic rings. The van der Waals surface area contributed by atoms with E-state index in [-0.39, 0.29) is 23.1 Å². The highest BCUT2D eigenvalue weighted by atomic mass is 32.1. The summed E-state index contributed by atoms with van der Waals surface area (Å²) in [4.78, 5) is 34.5. The van der Waals surface area contributed by atoms with E-state index in [4.69, 9.17) is 0 Å². The molecule has 1 N–H and O–H groups in total. The summed E-state index contributed by atoms with van der Waals surface area (Å²) in [6.07, 6.45) is 5.13. The van der Waals surface area contributed by atoms with E-state index in [1.807, 2.05) is 0 Å². The number of nitrogens with one attached hydrogen (secondary N) is 1. The van der Waals surface area contributed by atoms with Gasteiger partial charge in [-0.3, -0.25) is 9.59 Å². The van der Waals surface area contributed by atoms with Gasteiger partial charge >= 0.3 is 0 Å². The molecule has 0 aliphatic heterocycles. The van der Waals surface area contributed by atoms with Gasteiger partial charge in [0.2, 0.25) is 0 Å².